The number of thiophene rings is 1. The summed E-state index contributed by atoms with van der Waals surface area (Å²) in [5.41, 5.74) is 15.5. The highest BCUT2D eigenvalue weighted by molar-refractivity contribution is 8.00. The number of hydrogen-bond acceptors (Lipinski definition) is 4. The van der Waals surface area contributed by atoms with Crippen LogP contribution in [0.25, 0.3) is 26.8 Å². The van der Waals surface area contributed by atoms with E-state index in [1.807, 2.05) is 23.1 Å². The number of hydrogen-bond donors (Lipinski definition) is 0. The highest BCUT2D eigenvalue weighted by atomic mass is 32.2. The SMILES string of the molecule is CC1(C)c2ccccc2-c2ccc(N(c3ccc(C4=CCCC=C4)cc3)c3ccc(N4c5c(sc6ccccc56)C5Sc6ccccc6C54)cc3)cc21. The number of rotatable bonds is 5. The van der Waals surface area contributed by atoms with E-state index in [1.54, 1.807) is 0 Å². The van der Waals surface area contributed by atoms with Crippen molar-refractivity contribution in [3.63, 3.8) is 0 Å². The van der Waals surface area contributed by atoms with Crippen LogP contribution in [0.1, 0.15) is 65.1 Å². The zero-order chi connectivity index (χ0) is 35.3. The monoisotopic (exact) mass is 718 g/mol. The molecule has 6 aromatic carbocycles. The summed E-state index contributed by atoms with van der Waals surface area (Å²) >= 11 is 4.01. The molecule has 2 nitrogen and oxygen atoms in total. The first-order valence-electron chi connectivity index (χ1n) is 18.7. The summed E-state index contributed by atoms with van der Waals surface area (Å²) in [6.07, 6.45) is 9.14. The molecular weight excluding hydrogens is 681 g/mol. The Balaban J connectivity index is 1.03. The van der Waals surface area contributed by atoms with Crippen LogP contribution >= 0.6 is 23.1 Å². The molecule has 0 saturated carbocycles. The molecule has 1 aromatic heterocycles. The summed E-state index contributed by atoms with van der Waals surface area (Å²) in [4.78, 5) is 7.98. The second kappa shape index (κ2) is 11.9. The summed E-state index contributed by atoms with van der Waals surface area (Å²) in [7, 11) is 0. The quantitative estimate of drug-likeness (QED) is 0.175. The second-order valence-corrected chi connectivity index (χ2v) is 17.4. The second-order valence-electron chi connectivity index (χ2n) is 15.1. The topological polar surface area (TPSA) is 6.48 Å². The molecule has 7 aromatic rings. The molecule has 2 aliphatic heterocycles. The minimum atomic E-state index is -0.0794. The van der Waals surface area contributed by atoms with Gasteiger partial charge in [-0.05, 0) is 112 Å². The lowest BCUT2D eigenvalue weighted by molar-refractivity contribution is 0.660. The van der Waals surface area contributed by atoms with Crippen molar-refractivity contribution in [2.24, 2.45) is 0 Å². The van der Waals surface area contributed by atoms with E-state index in [4.69, 9.17) is 0 Å². The van der Waals surface area contributed by atoms with Gasteiger partial charge >= 0.3 is 0 Å². The third-order valence-electron chi connectivity index (χ3n) is 11.8. The van der Waals surface area contributed by atoms with Crippen LogP contribution in [0.4, 0.5) is 28.4 Å². The number of thioether (sulfide) groups is 1. The summed E-state index contributed by atoms with van der Waals surface area (Å²) < 4.78 is 1.37. The third kappa shape index (κ3) is 4.72. The predicted molar refractivity (Wildman–Crippen MR) is 227 cm³/mol. The van der Waals surface area contributed by atoms with Crippen LogP contribution in [0.3, 0.4) is 0 Å². The lowest BCUT2D eigenvalue weighted by Gasteiger charge is -2.30. The lowest BCUT2D eigenvalue weighted by Crippen LogP contribution is -2.19. The van der Waals surface area contributed by atoms with Gasteiger partial charge in [0.15, 0.2) is 0 Å². The third-order valence-corrected chi connectivity index (χ3v) is 14.6. The zero-order valence-electron chi connectivity index (χ0n) is 29.8. The molecule has 256 valence electrons. The van der Waals surface area contributed by atoms with Crippen molar-refractivity contribution in [1.29, 1.82) is 0 Å². The Morgan fingerprint density at radius 2 is 1.40 bits per heavy atom. The molecule has 3 heterocycles. The van der Waals surface area contributed by atoms with Gasteiger partial charge in [0.05, 0.1) is 17.0 Å². The highest BCUT2D eigenvalue weighted by Crippen LogP contribution is 2.67. The largest absolute Gasteiger partial charge is 0.331 e. The number of fused-ring (bicyclic) bond motifs is 10. The highest BCUT2D eigenvalue weighted by Gasteiger charge is 2.48. The number of benzene rings is 6. The first kappa shape index (κ1) is 31.3. The van der Waals surface area contributed by atoms with Crippen LogP contribution < -0.4 is 9.80 Å². The maximum Gasteiger partial charge on any atom is 0.0774 e. The van der Waals surface area contributed by atoms with E-state index in [0.29, 0.717) is 5.25 Å². The Hall–Kier alpha value is -5.29. The average molecular weight is 719 g/mol. The van der Waals surface area contributed by atoms with Gasteiger partial charge in [0.1, 0.15) is 0 Å². The van der Waals surface area contributed by atoms with E-state index in [1.165, 1.54) is 75.9 Å². The maximum atomic E-state index is 2.64. The molecule has 0 radical (unpaired) electrons. The smallest absolute Gasteiger partial charge is 0.0774 e. The van der Waals surface area contributed by atoms with Crippen LogP contribution in [-0.4, -0.2) is 0 Å². The van der Waals surface area contributed by atoms with E-state index < -0.39 is 0 Å². The van der Waals surface area contributed by atoms with Gasteiger partial charge < -0.3 is 9.80 Å². The molecule has 2 aliphatic carbocycles. The van der Waals surface area contributed by atoms with Gasteiger partial charge in [-0.2, -0.15) is 0 Å². The Morgan fingerprint density at radius 3 is 2.23 bits per heavy atom. The van der Waals surface area contributed by atoms with Gasteiger partial charge in [0.2, 0.25) is 0 Å². The molecular formula is C49H38N2S2. The summed E-state index contributed by atoms with van der Waals surface area (Å²) in [6.45, 7) is 4.73. The minimum Gasteiger partial charge on any atom is -0.331 e. The standard InChI is InChI=1S/C49H38N2S2/c1-49(2)41-17-9-6-14-37(41)38-29-28-36(30-42(38)49)50(33-22-20-32(21-23-33)31-12-4-3-5-13-31)34-24-26-35(27-25-34)51-45-39-15-7-10-18-43(39)52-47(45)48-46(51)40-16-8-11-19-44(40)53-48/h4,6-30,45,47H,3,5H2,1-2H3. The molecule has 0 spiro atoms. The van der Waals surface area contributed by atoms with Crippen LogP contribution in [0.5, 0.6) is 0 Å². The fourth-order valence-corrected chi connectivity index (χ4v) is 12.1. The Kier molecular flexibility index (Phi) is 6.99. The van der Waals surface area contributed by atoms with E-state index >= 15 is 0 Å². The molecule has 11 rings (SSSR count). The molecule has 4 heteroatoms. The van der Waals surface area contributed by atoms with Crippen LogP contribution in [-0.2, 0) is 5.41 Å². The number of nitrogens with zero attached hydrogens (tertiary/aromatic N) is 2. The van der Waals surface area contributed by atoms with Crippen LogP contribution in [0, 0.1) is 0 Å². The molecule has 2 unspecified atom stereocenters. The number of anilines is 5. The first-order valence-corrected chi connectivity index (χ1v) is 20.4. The van der Waals surface area contributed by atoms with Crippen LogP contribution in [0.15, 0.2) is 163 Å². The summed E-state index contributed by atoms with van der Waals surface area (Å²) in [5.74, 6) is 0. The Morgan fingerprint density at radius 1 is 0.679 bits per heavy atom. The predicted octanol–water partition coefficient (Wildman–Crippen LogP) is 14.5. The van der Waals surface area contributed by atoms with Crippen molar-refractivity contribution in [3.05, 3.63) is 185 Å². The van der Waals surface area contributed by atoms with Crippen molar-refractivity contribution in [3.8, 4) is 11.1 Å². The first-order chi connectivity index (χ1) is 26.0. The van der Waals surface area contributed by atoms with E-state index in [2.05, 4.69) is 181 Å². The normalized spacial score (nSPS) is 18.7. The van der Waals surface area contributed by atoms with Gasteiger partial charge in [-0.15, -0.1) is 23.1 Å². The molecule has 4 aliphatic rings. The molecule has 0 bridgehead atoms. The summed E-state index contributed by atoms with van der Waals surface area (Å²) in [5, 5.41) is 1.75. The molecule has 53 heavy (non-hydrogen) atoms. The van der Waals surface area contributed by atoms with E-state index in [0.717, 1.165) is 24.2 Å². The zero-order valence-corrected chi connectivity index (χ0v) is 31.4. The van der Waals surface area contributed by atoms with Gasteiger partial charge in [-0.1, -0.05) is 111 Å². The van der Waals surface area contributed by atoms with Gasteiger partial charge in [-0.3, -0.25) is 0 Å². The van der Waals surface area contributed by atoms with Crippen molar-refractivity contribution in [1.82, 2.24) is 0 Å². The van der Waals surface area contributed by atoms with Crippen LogP contribution in [0.2, 0.25) is 0 Å². The van der Waals surface area contributed by atoms with Crippen molar-refractivity contribution >= 4 is 67.2 Å². The van der Waals surface area contributed by atoms with Gasteiger partial charge in [-0.25, -0.2) is 0 Å². The average Bonchev–Trinajstić information content (AvgIpc) is 3.92. The lowest BCUT2D eigenvalue weighted by atomic mass is 9.82. The van der Waals surface area contributed by atoms with Crippen molar-refractivity contribution < 1.29 is 0 Å². The fourth-order valence-electron chi connectivity index (χ4n) is 9.26. The van der Waals surface area contributed by atoms with Crippen molar-refractivity contribution in [2.45, 2.75) is 48.3 Å². The maximum absolute atomic E-state index is 2.64. The molecule has 0 fully saturated rings. The van der Waals surface area contributed by atoms with E-state index in [-0.39, 0.29) is 11.5 Å². The Bertz CT molecular complexity index is 2640. The summed E-state index contributed by atoms with van der Waals surface area (Å²) in [6, 6.07) is 52.8. The molecule has 2 atom stereocenters. The molecule has 0 saturated heterocycles. The van der Waals surface area contributed by atoms with Crippen molar-refractivity contribution in [2.75, 3.05) is 9.80 Å². The number of allylic oxidation sites excluding steroid dienone is 4. The van der Waals surface area contributed by atoms with E-state index in [9.17, 15) is 0 Å². The molecule has 0 N–H and O–H groups in total. The molecule has 0 amide bonds. The Labute approximate surface area is 319 Å². The minimum absolute atomic E-state index is 0.0794. The fraction of sp³-hybridized carbons (Fsp3) is 0.143. The van der Waals surface area contributed by atoms with Gasteiger partial charge in [0.25, 0.3) is 0 Å². The van der Waals surface area contributed by atoms with Gasteiger partial charge in [0, 0.05) is 48.0 Å².